The Bertz CT molecular complexity index is 1280. The van der Waals surface area contributed by atoms with E-state index in [9.17, 15) is 23.4 Å². The molecule has 5 aliphatic carbocycles. The van der Waals surface area contributed by atoms with E-state index in [1.165, 1.54) is 12.1 Å². The lowest BCUT2D eigenvalue weighted by Crippen LogP contribution is -2.62. The van der Waals surface area contributed by atoms with Crippen molar-refractivity contribution in [3.05, 3.63) is 24.3 Å². The molecule has 0 bridgehead atoms. The summed E-state index contributed by atoms with van der Waals surface area (Å²) < 4.78 is 38.9. The fraction of sp³-hybridized carbons (Fsp3) is 0.794. The van der Waals surface area contributed by atoms with Crippen LogP contribution in [0.2, 0.25) is 0 Å². The fourth-order valence-electron chi connectivity index (χ4n) is 10.5. The van der Waals surface area contributed by atoms with Crippen molar-refractivity contribution in [1.82, 2.24) is 4.72 Å². The van der Waals surface area contributed by atoms with Gasteiger partial charge in [0.15, 0.2) is 0 Å². The molecular weight excluding hydrogens is 566 g/mol. The molecule has 1 amide bonds. The summed E-state index contributed by atoms with van der Waals surface area (Å²) in [6.45, 7) is 9.28. The number of fused-ring (bicyclic) bond motifs is 5. The first-order chi connectivity index (χ1) is 20.4. The summed E-state index contributed by atoms with van der Waals surface area (Å²) >= 11 is 0. The van der Waals surface area contributed by atoms with Crippen LogP contribution in [0.3, 0.4) is 0 Å². The Labute approximate surface area is 257 Å². The van der Waals surface area contributed by atoms with Crippen LogP contribution in [0.5, 0.6) is 5.75 Å². The summed E-state index contributed by atoms with van der Waals surface area (Å²) in [6.07, 6.45) is 8.59. The van der Waals surface area contributed by atoms with Crippen LogP contribution >= 0.6 is 0 Å². The van der Waals surface area contributed by atoms with E-state index >= 15 is 0 Å². The molecule has 0 unspecified atom stereocenters. The molecule has 43 heavy (non-hydrogen) atoms. The van der Waals surface area contributed by atoms with E-state index in [-0.39, 0.29) is 58.4 Å². The lowest BCUT2D eigenvalue weighted by molar-refractivity contribution is -0.203. The molecule has 5 aliphatic rings. The molecule has 0 aliphatic heterocycles. The predicted molar refractivity (Wildman–Crippen MR) is 163 cm³/mol. The van der Waals surface area contributed by atoms with Gasteiger partial charge in [-0.25, -0.2) is 17.9 Å². The van der Waals surface area contributed by atoms with E-state index < -0.39 is 16.1 Å². The van der Waals surface area contributed by atoms with Gasteiger partial charge < -0.3 is 19.7 Å². The van der Waals surface area contributed by atoms with Gasteiger partial charge in [-0.3, -0.25) is 0 Å². The summed E-state index contributed by atoms with van der Waals surface area (Å²) in [5, 5.41) is 22.4. The normalized spacial score (nSPS) is 41.3. The molecule has 240 valence electrons. The first-order valence-electron chi connectivity index (χ1n) is 16.7. The van der Waals surface area contributed by atoms with Gasteiger partial charge in [0.05, 0.1) is 29.8 Å². The third-order valence-corrected chi connectivity index (χ3v) is 14.1. The molecule has 0 aromatic heterocycles. The molecule has 3 N–H and O–H groups in total. The second-order valence-corrected chi connectivity index (χ2v) is 16.8. The summed E-state index contributed by atoms with van der Waals surface area (Å²) in [6, 6.07) is 6.09. The summed E-state index contributed by atoms with van der Waals surface area (Å²) in [5.74, 6) is 2.74. The van der Waals surface area contributed by atoms with Crippen LogP contribution < -0.4 is 9.46 Å². The number of hydrogen-bond donors (Lipinski definition) is 3. The number of benzene rings is 1. The number of carbonyl (C=O) groups excluding carboxylic acids is 1. The molecular formula is C34H51NO7S. The Kier molecular flexibility index (Phi) is 8.34. The number of ether oxygens (including phenoxy) is 2. The number of sulfonamides is 1. The lowest BCUT2D eigenvalue weighted by atomic mass is 9.41. The maximum atomic E-state index is 12.8. The lowest BCUT2D eigenvalue weighted by Gasteiger charge is -2.64. The van der Waals surface area contributed by atoms with Gasteiger partial charge in [0.2, 0.25) is 0 Å². The molecule has 5 fully saturated rings. The number of hydrogen-bond acceptors (Lipinski definition) is 7. The minimum Gasteiger partial charge on any atom is -0.490 e. The van der Waals surface area contributed by atoms with Crippen LogP contribution in [-0.4, -0.2) is 49.6 Å². The molecule has 6 rings (SSSR count). The van der Waals surface area contributed by atoms with Crippen molar-refractivity contribution in [2.75, 3.05) is 6.61 Å². The Hall–Kier alpha value is -1.84. The van der Waals surface area contributed by atoms with Gasteiger partial charge in [-0.2, -0.15) is 0 Å². The van der Waals surface area contributed by atoms with Crippen LogP contribution in [0.25, 0.3) is 0 Å². The van der Waals surface area contributed by atoms with Gasteiger partial charge in [-0.1, -0.05) is 34.1 Å². The summed E-state index contributed by atoms with van der Waals surface area (Å²) in [5.41, 5.74) is 0.194. The van der Waals surface area contributed by atoms with Crippen LogP contribution in [-0.2, 0) is 14.8 Å². The summed E-state index contributed by atoms with van der Waals surface area (Å²) in [4.78, 5) is 12.6. The van der Waals surface area contributed by atoms with Gasteiger partial charge in [-0.15, -0.1) is 0 Å². The molecule has 5 saturated carbocycles. The third kappa shape index (κ3) is 5.60. The molecule has 0 saturated heterocycles. The fourth-order valence-corrected chi connectivity index (χ4v) is 11.4. The molecule has 8 nitrogen and oxygen atoms in total. The average Bonchev–Trinajstić information content (AvgIpc) is 3.71. The smallest absolute Gasteiger partial charge is 0.421 e. The first-order valence-corrected chi connectivity index (χ1v) is 18.2. The van der Waals surface area contributed by atoms with Crippen molar-refractivity contribution < 1.29 is 32.9 Å². The number of amides is 1. The minimum absolute atomic E-state index is 0.0108. The molecule has 1 aromatic rings. The highest BCUT2D eigenvalue weighted by Gasteiger charge is 2.65. The Morgan fingerprint density at radius 2 is 1.65 bits per heavy atom. The predicted octanol–water partition coefficient (Wildman–Crippen LogP) is 5.91. The van der Waals surface area contributed by atoms with Crippen molar-refractivity contribution in [2.24, 2.45) is 52.3 Å². The second-order valence-electron chi connectivity index (χ2n) is 15.1. The van der Waals surface area contributed by atoms with Crippen molar-refractivity contribution in [3.63, 3.8) is 0 Å². The van der Waals surface area contributed by atoms with Gasteiger partial charge in [-0.05, 0) is 134 Å². The maximum absolute atomic E-state index is 12.8. The molecule has 0 spiro atoms. The minimum atomic E-state index is -4.06. The van der Waals surface area contributed by atoms with Crippen LogP contribution in [0, 0.1) is 52.3 Å². The highest BCUT2D eigenvalue weighted by Crippen LogP contribution is 2.69. The van der Waals surface area contributed by atoms with Gasteiger partial charge in [0.1, 0.15) is 5.75 Å². The highest BCUT2D eigenvalue weighted by molar-refractivity contribution is 7.90. The largest absolute Gasteiger partial charge is 0.490 e. The van der Waals surface area contributed by atoms with Crippen molar-refractivity contribution in [1.29, 1.82) is 0 Å². The zero-order chi connectivity index (χ0) is 30.7. The van der Waals surface area contributed by atoms with Crippen molar-refractivity contribution in [2.45, 2.75) is 115 Å². The summed E-state index contributed by atoms with van der Waals surface area (Å²) in [7, 11) is -4.06. The van der Waals surface area contributed by atoms with E-state index in [2.05, 4.69) is 32.4 Å². The number of aliphatic hydroxyl groups is 2. The molecule has 0 heterocycles. The maximum Gasteiger partial charge on any atom is 0.421 e. The van der Waals surface area contributed by atoms with Crippen LogP contribution in [0.4, 0.5) is 4.79 Å². The Balaban J connectivity index is 1.09. The van der Waals surface area contributed by atoms with E-state index in [1.54, 1.807) is 12.1 Å². The number of aliphatic hydroxyl groups excluding tert-OH is 2. The number of nitrogens with one attached hydrogen (secondary N) is 1. The Morgan fingerprint density at radius 1 is 0.977 bits per heavy atom. The molecule has 11 atom stereocenters. The van der Waals surface area contributed by atoms with E-state index in [4.69, 9.17) is 9.47 Å². The Morgan fingerprint density at radius 3 is 2.33 bits per heavy atom. The average molecular weight is 618 g/mol. The molecule has 1 aromatic carbocycles. The zero-order valence-electron chi connectivity index (χ0n) is 26.2. The second kappa shape index (κ2) is 11.5. The van der Waals surface area contributed by atoms with E-state index in [1.807, 2.05) is 0 Å². The number of carbonyl (C=O) groups is 1. The van der Waals surface area contributed by atoms with Gasteiger partial charge >= 0.3 is 6.09 Å². The van der Waals surface area contributed by atoms with Crippen molar-refractivity contribution >= 4 is 16.1 Å². The standard InChI is InChI=1S/C34H51NO7S/c1-5-25-29-18-21(36)14-16-34(29,4)28-15-17-33(3)26(12-13-27(33)30(28)31(25)37)20(2)19-41-32(38)35-43(39,40)24-10-8-23(9-11-24)42-22-6-7-22/h8-11,20-22,25-31,36-37H,5-7,12-19H2,1-4H3,(H,35,38)/t20-,21-,25-,26-,27+,28+,29+,30+,31-,33-,34-/m1/s1. The molecule has 0 radical (unpaired) electrons. The quantitative estimate of drug-likeness (QED) is 0.332. The third-order valence-electron chi connectivity index (χ3n) is 12.8. The van der Waals surface area contributed by atoms with Gasteiger partial charge in [0.25, 0.3) is 10.0 Å². The van der Waals surface area contributed by atoms with E-state index in [0.717, 1.165) is 64.2 Å². The van der Waals surface area contributed by atoms with Crippen LogP contribution in [0.1, 0.15) is 91.9 Å². The first kappa shape index (κ1) is 31.2. The highest BCUT2D eigenvalue weighted by atomic mass is 32.2. The van der Waals surface area contributed by atoms with Crippen LogP contribution in [0.15, 0.2) is 29.2 Å². The molecule has 9 heteroatoms. The van der Waals surface area contributed by atoms with Gasteiger partial charge in [0, 0.05) is 0 Å². The zero-order valence-corrected chi connectivity index (χ0v) is 27.0. The SMILES string of the molecule is CC[C@H]1[C@@H](O)[C@@H]2[C@H](CC[C@]3(C)[C@@H]([C@H](C)COC(=O)NS(=O)(=O)c4ccc(OC5CC5)cc4)CC[C@@H]23)[C@@]2(C)CC[C@@H](O)C[C@@H]12. The van der Waals surface area contributed by atoms with Crippen molar-refractivity contribution in [3.8, 4) is 5.75 Å². The topological polar surface area (TPSA) is 122 Å². The van der Waals surface area contributed by atoms with E-state index in [0.29, 0.717) is 29.4 Å². The number of rotatable bonds is 8. The monoisotopic (exact) mass is 617 g/mol.